The van der Waals surface area contributed by atoms with E-state index in [0.29, 0.717) is 6.07 Å². The van der Waals surface area contributed by atoms with Gasteiger partial charge >= 0.3 is 17.9 Å². The van der Waals surface area contributed by atoms with E-state index in [1.807, 2.05) is 0 Å². The maximum absolute atomic E-state index is 14.6. The van der Waals surface area contributed by atoms with Gasteiger partial charge in [0.15, 0.2) is 5.82 Å². The van der Waals surface area contributed by atoms with Gasteiger partial charge in [0.2, 0.25) is 5.82 Å². The van der Waals surface area contributed by atoms with Crippen molar-refractivity contribution in [1.82, 2.24) is 0 Å². The first-order chi connectivity index (χ1) is 12.0. The van der Waals surface area contributed by atoms with Gasteiger partial charge in [0.1, 0.15) is 16.9 Å². The van der Waals surface area contributed by atoms with Crippen LogP contribution in [0.4, 0.5) is 29.7 Å². The zero-order chi connectivity index (χ0) is 21.3. The van der Waals surface area contributed by atoms with E-state index in [0.717, 1.165) is 6.92 Å². The predicted octanol–water partition coefficient (Wildman–Crippen LogP) is 4.86. The number of amides is 2. The van der Waals surface area contributed by atoms with Gasteiger partial charge < -0.3 is 9.47 Å². The zero-order valence-electron chi connectivity index (χ0n) is 16.2. The standard InChI is InChI=1S/C17H22F2N2O6/c1-9-12(18)10(8-11(13(9)19)21(24)25)20(14(22)26-16(2,3)4)15(23)27-17(5,6)7/h8H,1-7H3. The second kappa shape index (κ2) is 7.45. The molecule has 0 unspecified atom stereocenters. The summed E-state index contributed by atoms with van der Waals surface area (Å²) in [6.07, 6.45) is -2.65. The highest BCUT2D eigenvalue weighted by atomic mass is 19.1. The quantitative estimate of drug-likeness (QED) is 0.530. The van der Waals surface area contributed by atoms with Gasteiger partial charge in [0, 0.05) is 11.6 Å². The zero-order valence-corrected chi connectivity index (χ0v) is 16.2. The van der Waals surface area contributed by atoms with Crippen LogP contribution in [0.5, 0.6) is 0 Å². The minimum absolute atomic E-state index is 0.172. The molecule has 0 aliphatic heterocycles. The fourth-order valence-electron chi connectivity index (χ4n) is 1.92. The van der Waals surface area contributed by atoms with Gasteiger partial charge in [-0.3, -0.25) is 10.1 Å². The molecule has 150 valence electrons. The number of benzene rings is 1. The van der Waals surface area contributed by atoms with Gasteiger partial charge in [-0.25, -0.2) is 14.0 Å². The molecule has 0 aliphatic carbocycles. The molecule has 10 heteroatoms. The molecule has 0 fully saturated rings. The number of carbonyl (C=O) groups excluding carboxylic acids is 2. The third-order valence-corrected chi connectivity index (χ3v) is 2.97. The second-order valence-corrected chi connectivity index (χ2v) is 7.72. The van der Waals surface area contributed by atoms with E-state index < -0.39 is 56.9 Å². The molecule has 0 N–H and O–H groups in total. The smallest absolute Gasteiger partial charge is 0.424 e. The number of halogens is 2. The van der Waals surface area contributed by atoms with Crippen molar-refractivity contribution in [3.8, 4) is 0 Å². The Kier molecular flexibility index (Phi) is 6.14. The third-order valence-electron chi connectivity index (χ3n) is 2.97. The first-order valence-electron chi connectivity index (χ1n) is 7.94. The van der Waals surface area contributed by atoms with Crippen LogP contribution in [0.25, 0.3) is 0 Å². The molecule has 0 spiro atoms. The molecular weight excluding hydrogens is 366 g/mol. The first kappa shape index (κ1) is 22.3. The molecule has 0 bridgehead atoms. The number of nitro benzene ring substituents is 1. The topological polar surface area (TPSA) is 99.0 Å². The molecular formula is C17H22F2N2O6. The molecule has 2 amide bonds. The molecule has 0 aromatic heterocycles. The summed E-state index contributed by atoms with van der Waals surface area (Å²) in [5.41, 5.74) is -4.79. The van der Waals surface area contributed by atoms with Crippen molar-refractivity contribution in [2.75, 3.05) is 4.90 Å². The van der Waals surface area contributed by atoms with Crippen LogP contribution >= 0.6 is 0 Å². The van der Waals surface area contributed by atoms with Crippen LogP contribution in [0, 0.1) is 28.7 Å². The highest BCUT2D eigenvalue weighted by Gasteiger charge is 2.37. The normalized spacial score (nSPS) is 11.7. The summed E-state index contributed by atoms with van der Waals surface area (Å²) in [6, 6.07) is 0.450. The van der Waals surface area contributed by atoms with Crippen LogP contribution in [0.3, 0.4) is 0 Å². The van der Waals surface area contributed by atoms with Crippen molar-refractivity contribution in [3.63, 3.8) is 0 Å². The Labute approximate surface area is 155 Å². The number of imide groups is 1. The van der Waals surface area contributed by atoms with Gasteiger partial charge in [-0.05, 0) is 48.5 Å². The van der Waals surface area contributed by atoms with Crippen molar-refractivity contribution >= 4 is 23.6 Å². The summed E-state index contributed by atoms with van der Waals surface area (Å²) in [5, 5.41) is 11.0. The van der Waals surface area contributed by atoms with Crippen LogP contribution < -0.4 is 4.90 Å². The maximum atomic E-state index is 14.6. The Hall–Kier alpha value is -2.78. The van der Waals surface area contributed by atoms with Crippen molar-refractivity contribution in [1.29, 1.82) is 0 Å². The minimum Gasteiger partial charge on any atom is -0.443 e. The Morgan fingerprint density at radius 2 is 1.41 bits per heavy atom. The van der Waals surface area contributed by atoms with Gasteiger partial charge in [-0.2, -0.15) is 9.29 Å². The molecule has 27 heavy (non-hydrogen) atoms. The molecule has 0 radical (unpaired) electrons. The second-order valence-electron chi connectivity index (χ2n) is 7.72. The van der Waals surface area contributed by atoms with Crippen LogP contribution in [0.2, 0.25) is 0 Å². The number of hydrogen-bond acceptors (Lipinski definition) is 6. The SMILES string of the molecule is Cc1c(F)c(N(C(=O)OC(C)(C)C)C(=O)OC(C)(C)C)cc([N+](=O)[O-])c1F. The number of hydrogen-bond donors (Lipinski definition) is 0. The Morgan fingerprint density at radius 3 is 1.74 bits per heavy atom. The number of ether oxygens (including phenoxy) is 2. The highest BCUT2D eigenvalue weighted by Crippen LogP contribution is 2.33. The molecule has 0 heterocycles. The van der Waals surface area contributed by atoms with Crippen molar-refractivity contribution < 1.29 is 32.8 Å². The van der Waals surface area contributed by atoms with E-state index in [1.165, 1.54) is 41.5 Å². The fraction of sp³-hybridized carbons (Fsp3) is 0.529. The summed E-state index contributed by atoms with van der Waals surface area (Å²) in [4.78, 5) is 35.1. The fourth-order valence-corrected chi connectivity index (χ4v) is 1.92. The van der Waals surface area contributed by atoms with Gasteiger partial charge in [-0.1, -0.05) is 0 Å². The average Bonchev–Trinajstić information content (AvgIpc) is 2.43. The molecule has 0 saturated carbocycles. The summed E-state index contributed by atoms with van der Waals surface area (Å²) in [7, 11) is 0. The molecule has 0 aliphatic rings. The molecule has 0 saturated heterocycles. The predicted molar refractivity (Wildman–Crippen MR) is 92.7 cm³/mol. The van der Waals surface area contributed by atoms with Gasteiger partial charge in [0.05, 0.1) is 4.92 Å². The van der Waals surface area contributed by atoms with Crippen LogP contribution in [-0.4, -0.2) is 28.3 Å². The molecule has 1 rings (SSSR count). The number of nitrogens with zero attached hydrogens (tertiary/aromatic N) is 2. The summed E-state index contributed by atoms with van der Waals surface area (Å²) >= 11 is 0. The number of anilines is 1. The molecule has 8 nitrogen and oxygen atoms in total. The molecule has 0 atom stereocenters. The Bertz CT molecular complexity index is 753. The summed E-state index contributed by atoms with van der Waals surface area (Å²) in [5.74, 6) is -2.73. The van der Waals surface area contributed by atoms with Crippen LogP contribution in [0.15, 0.2) is 6.07 Å². The third kappa shape index (κ3) is 5.60. The number of rotatable bonds is 2. The lowest BCUT2D eigenvalue weighted by Gasteiger charge is -2.28. The van der Waals surface area contributed by atoms with Crippen molar-refractivity contribution in [2.24, 2.45) is 0 Å². The first-order valence-corrected chi connectivity index (χ1v) is 7.94. The van der Waals surface area contributed by atoms with E-state index in [2.05, 4.69) is 0 Å². The Balaban J connectivity index is 3.62. The van der Waals surface area contributed by atoms with Gasteiger partial charge in [0.25, 0.3) is 0 Å². The number of nitro groups is 1. The van der Waals surface area contributed by atoms with E-state index in [9.17, 15) is 28.5 Å². The van der Waals surface area contributed by atoms with E-state index >= 15 is 0 Å². The molecule has 1 aromatic rings. The monoisotopic (exact) mass is 388 g/mol. The van der Waals surface area contributed by atoms with E-state index in [-0.39, 0.29) is 4.90 Å². The number of carbonyl (C=O) groups is 2. The lowest BCUT2D eigenvalue weighted by atomic mass is 10.1. The molecule has 1 aromatic carbocycles. The highest BCUT2D eigenvalue weighted by molar-refractivity contribution is 6.09. The van der Waals surface area contributed by atoms with Gasteiger partial charge in [-0.15, -0.1) is 0 Å². The summed E-state index contributed by atoms with van der Waals surface area (Å²) in [6.45, 7) is 9.99. The summed E-state index contributed by atoms with van der Waals surface area (Å²) < 4.78 is 38.7. The van der Waals surface area contributed by atoms with Crippen molar-refractivity contribution in [3.05, 3.63) is 33.4 Å². The minimum atomic E-state index is -1.41. The van der Waals surface area contributed by atoms with Crippen LogP contribution in [0.1, 0.15) is 47.1 Å². The average molecular weight is 388 g/mol. The van der Waals surface area contributed by atoms with E-state index in [1.54, 1.807) is 0 Å². The Morgan fingerprint density at radius 1 is 1.00 bits per heavy atom. The lowest BCUT2D eigenvalue weighted by molar-refractivity contribution is -0.387. The van der Waals surface area contributed by atoms with Crippen LogP contribution in [-0.2, 0) is 9.47 Å². The van der Waals surface area contributed by atoms with Crippen molar-refractivity contribution in [2.45, 2.75) is 59.7 Å². The van der Waals surface area contributed by atoms with E-state index in [4.69, 9.17) is 9.47 Å². The lowest BCUT2D eigenvalue weighted by Crippen LogP contribution is -2.44. The largest absolute Gasteiger partial charge is 0.443 e. The maximum Gasteiger partial charge on any atom is 0.424 e.